The molecule has 0 bridgehead atoms. The molecule has 6 heteroatoms. The van der Waals surface area contributed by atoms with E-state index in [4.69, 9.17) is 14.2 Å². The van der Waals surface area contributed by atoms with Crippen molar-refractivity contribution in [2.45, 2.75) is 53.6 Å². The second-order valence-corrected chi connectivity index (χ2v) is 10.7. The van der Waals surface area contributed by atoms with Crippen LogP contribution in [0.3, 0.4) is 0 Å². The lowest BCUT2D eigenvalue weighted by atomic mass is 9.88. The Balaban J connectivity index is 1.82. The van der Waals surface area contributed by atoms with Gasteiger partial charge < -0.3 is 24.6 Å². The molecular weight excluding hydrogens is 502 g/mol. The van der Waals surface area contributed by atoms with Crippen LogP contribution in [-0.2, 0) is 9.53 Å². The highest BCUT2D eigenvalue weighted by atomic mass is 16.7. The lowest BCUT2D eigenvalue weighted by Gasteiger charge is -2.18. The predicted octanol–water partition coefficient (Wildman–Crippen LogP) is 6.72. The molecule has 6 nitrogen and oxygen atoms in total. The lowest BCUT2D eigenvalue weighted by Crippen LogP contribution is -2.31. The summed E-state index contributed by atoms with van der Waals surface area (Å²) in [7, 11) is 0. The number of carbonyl (C=O) groups excluding carboxylic acids is 1. The summed E-state index contributed by atoms with van der Waals surface area (Å²) in [6.07, 6.45) is 1.30. The Hall–Kier alpha value is -3.61. The molecule has 2 N–H and O–H groups in total. The van der Waals surface area contributed by atoms with Gasteiger partial charge in [0.05, 0.1) is 5.41 Å². The number of aliphatic hydroxyl groups is 1. The minimum atomic E-state index is -0.576. The van der Waals surface area contributed by atoms with Crippen molar-refractivity contribution in [3.05, 3.63) is 95.6 Å². The highest BCUT2D eigenvalue weighted by Crippen LogP contribution is 2.35. The van der Waals surface area contributed by atoms with E-state index in [2.05, 4.69) is 55.6 Å². The van der Waals surface area contributed by atoms with Gasteiger partial charge in [0.1, 0.15) is 24.2 Å². The molecule has 0 heterocycles. The van der Waals surface area contributed by atoms with Crippen LogP contribution in [0.5, 0.6) is 11.5 Å². The number of ether oxygens (including phenoxy) is 3. The van der Waals surface area contributed by atoms with Crippen molar-refractivity contribution >= 4 is 17.1 Å². The molecule has 3 rings (SSSR count). The highest BCUT2D eigenvalue weighted by molar-refractivity contribution is 5.98. The third-order valence-electron chi connectivity index (χ3n) is 6.34. The second-order valence-electron chi connectivity index (χ2n) is 10.7. The quantitative estimate of drug-likeness (QED) is 0.101. The summed E-state index contributed by atoms with van der Waals surface area (Å²) in [4.78, 5) is 12.0. The zero-order valence-corrected chi connectivity index (χ0v) is 24.4. The molecule has 0 aliphatic heterocycles. The number of carbonyl (C=O) groups is 1. The minimum Gasteiger partial charge on any atom is -0.491 e. The third-order valence-corrected chi connectivity index (χ3v) is 6.34. The first-order chi connectivity index (χ1) is 19.2. The molecule has 3 aromatic carbocycles. The molecule has 0 saturated carbocycles. The number of benzene rings is 3. The Labute approximate surface area is 239 Å². The van der Waals surface area contributed by atoms with E-state index in [-0.39, 0.29) is 19.4 Å². The van der Waals surface area contributed by atoms with Crippen molar-refractivity contribution in [2.24, 2.45) is 5.41 Å². The minimum absolute atomic E-state index is 0.132. The lowest BCUT2D eigenvalue weighted by molar-refractivity contribution is -0.159. The van der Waals surface area contributed by atoms with Gasteiger partial charge in [0.2, 0.25) is 6.79 Å². The van der Waals surface area contributed by atoms with E-state index in [9.17, 15) is 9.90 Å². The number of nitrogens with one attached hydrogen (secondary N) is 1. The summed E-state index contributed by atoms with van der Waals surface area (Å²) in [6.45, 7) is 11.2. The molecule has 0 aliphatic carbocycles. The maximum atomic E-state index is 12.0. The van der Waals surface area contributed by atoms with E-state index in [0.29, 0.717) is 18.0 Å². The van der Waals surface area contributed by atoms with Gasteiger partial charge in [0.25, 0.3) is 0 Å². The molecule has 0 aromatic heterocycles. The van der Waals surface area contributed by atoms with Gasteiger partial charge in [-0.1, -0.05) is 68.4 Å². The van der Waals surface area contributed by atoms with Gasteiger partial charge in [0.15, 0.2) is 0 Å². The van der Waals surface area contributed by atoms with Gasteiger partial charge in [-0.05, 0) is 92.3 Å². The predicted molar refractivity (Wildman–Crippen MR) is 161 cm³/mol. The summed E-state index contributed by atoms with van der Waals surface area (Å²) >= 11 is 0. The van der Waals surface area contributed by atoms with Gasteiger partial charge >= 0.3 is 5.97 Å². The number of allylic oxidation sites excluding steroid dienone is 1. The summed E-state index contributed by atoms with van der Waals surface area (Å²) in [5.41, 5.74) is 5.04. The Morgan fingerprint density at radius 3 is 1.93 bits per heavy atom. The van der Waals surface area contributed by atoms with Crippen molar-refractivity contribution in [2.75, 3.05) is 26.5 Å². The Kier molecular flexibility index (Phi) is 11.8. The topological polar surface area (TPSA) is 77.0 Å². The van der Waals surface area contributed by atoms with Crippen molar-refractivity contribution in [3.8, 4) is 11.5 Å². The molecule has 0 fully saturated rings. The summed E-state index contributed by atoms with van der Waals surface area (Å²) in [6, 6.07) is 26.2. The van der Waals surface area contributed by atoms with Crippen molar-refractivity contribution in [1.82, 2.24) is 5.32 Å². The fourth-order valence-electron chi connectivity index (χ4n) is 4.18. The Morgan fingerprint density at radius 1 is 0.825 bits per heavy atom. The van der Waals surface area contributed by atoms with Crippen LogP contribution in [0.4, 0.5) is 0 Å². The van der Waals surface area contributed by atoms with Crippen LogP contribution in [0.2, 0.25) is 0 Å². The van der Waals surface area contributed by atoms with Crippen molar-refractivity contribution in [1.29, 1.82) is 0 Å². The van der Waals surface area contributed by atoms with Crippen LogP contribution in [-0.4, -0.2) is 43.7 Å². The smallest absolute Gasteiger partial charge is 0.314 e. The normalized spacial score (nSPS) is 12.8. The van der Waals surface area contributed by atoms with Crippen LogP contribution in [0.15, 0.2) is 78.9 Å². The molecule has 1 atom stereocenters. The summed E-state index contributed by atoms with van der Waals surface area (Å²) in [5, 5.41) is 13.4. The summed E-state index contributed by atoms with van der Waals surface area (Å²) < 4.78 is 16.8. The molecule has 1 unspecified atom stereocenters. The average molecular weight is 546 g/mol. The molecule has 0 radical (unpaired) electrons. The zero-order chi connectivity index (χ0) is 29.0. The maximum Gasteiger partial charge on any atom is 0.314 e. The number of rotatable bonds is 14. The highest BCUT2D eigenvalue weighted by Gasteiger charge is 2.23. The van der Waals surface area contributed by atoms with Crippen LogP contribution < -0.4 is 14.8 Å². The van der Waals surface area contributed by atoms with Gasteiger partial charge in [-0.15, -0.1) is 0 Å². The van der Waals surface area contributed by atoms with Crippen molar-refractivity contribution < 1.29 is 24.1 Å². The number of esters is 1. The first kappa shape index (κ1) is 30.9. The number of hydrogen-bond donors (Lipinski definition) is 2. The van der Waals surface area contributed by atoms with Gasteiger partial charge in [-0.2, -0.15) is 0 Å². The standard InChI is InChI=1S/C34H43NO5/c1-6-21-35-22-28(36)23-38-29-17-13-26(14-18-29)32(31(7-2)25-11-9-8-10-12-25)27-15-19-30(20-16-27)39-24-40-33(37)34(3,4)5/h8-20,28,35-36H,6-7,21-24H2,1-5H3. The van der Waals surface area contributed by atoms with Crippen LogP contribution in [0, 0.1) is 5.41 Å². The van der Waals surface area contributed by atoms with Crippen molar-refractivity contribution in [3.63, 3.8) is 0 Å². The monoisotopic (exact) mass is 545 g/mol. The molecule has 0 aliphatic rings. The first-order valence-corrected chi connectivity index (χ1v) is 14.0. The maximum absolute atomic E-state index is 12.0. The Bertz CT molecular complexity index is 1210. The molecule has 3 aromatic rings. The number of aliphatic hydroxyl groups excluding tert-OH is 1. The average Bonchev–Trinajstić information content (AvgIpc) is 2.95. The molecule has 0 saturated heterocycles. The molecular formula is C34H43NO5. The second kappa shape index (κ2) is 15.2. The van der Waals surface area contributed by atoms with Crippen LogP contribution in [0.25, 0.3) is 11.1 Å². The Morgan fingerprint density at radius 2 is 1.40 bits per heavy atom. The first-order valence-electron chi connectivity index (χ1n) is 14.0. The van der Waals surface area contributed by atoms with E-state index in [1.54, 1.807) is 0 Å². The molecule has 0 amide bonds. The molecule has 214 valence electrons. The molecule has 0 spiro atoms. The SMILES string of the molecule is CCCNCC(O)COc1ccc(C(=C(CC)c2ccccc2)c2ccc(OCOC(=O)C(C)(C)C)cc2)cc1. The van der Waals surface area contributed by atoms with E-state index >= 15 is 0 Å². The number of hydrogen-bond acceptors (Lipinski definition) is 6. The van der Waals surface area contributed by atoms with E-state index in [0.717, 1.165) is 41.6 Å². The molecule has 40 heavy (non-hydrogen) atoms. The van der Waals surface area contributed by atoms with Gasteiger partial charge in [0, 0.05) is 6.54 Å². The van der Waals surface area contributed by atoms with E-state index < -0.39 is 11.5 Å². The summed E-state index contributed by atoms with van der Waals surface area (Å²) in [5.74, 6) is 1.03. The van der Waals surface area contributed by atoms with E-state index in [1.165, 1.54) is 5.57 Å². The third kappa shape index (κ3) is 9.25. The fraction of sp³-hybridized carbons (Fsp3) is 0.382. The van der Waals surface area contributed by atoms with E-state index in [1.807, 2.05) is 63.2 Å². The fourth-order valence-corrected chi connectivity index (χ4v) is 4.18. The zero-order valence-electron chi connectivity index (χ0n) is 24.4. The van der Waals surface area contributed by atoms with Gasteiger partial charge in [-0.25, -0.2) is 0 Å². The van der Waals surface area contributed by atoms with Crippen LogP contribution >= 0.6 is 0 Å². The van der Waals surface area contributed by atoms with Crippen LogP contribution in [0.1, 0.15) is 64.2 Å². The largest absolute Gasteiger partial charge is 0.491 e. The van der Waals surface area contributed by atoms with Gasteiger partial charge in [-0.3, -0.25) is 4.79 Å².